The van der Waals surface area contributed by atoms with Crippen molar-refractivity contribution in [2.24, 2.45) is 0 Å². The predicted octanol–water partition coefficient (Wildman–Crippen LogP) is 2.32. The van der Waals surface area contributed by atoms with Crippen molar-refractivity contribution in [1.29, 1.82) is 0 Å². The standard InChI is InChI=1S/C9H13NS/c1-8-4-3-5-9(6-8)10(2)7-11/h3-6,11H,7H2,1-2H3. The molecular formula is C9H13NS. The molecule has 0 saturated carbocycles. The lowest BCUT2D eigenvalue weighted by atomic mass is 10.2. The Kier molecular flexibility index (Phi) is 2.83. The van der Waals surface area contributed by atoms with E-state index in [0.717, 1.165) is 5.88 Å². The molecule has 0 atom stereocenters. The van der Waals surface area contributed by atoms with Gasteiger partial charge in [0.05, 0.1) is 5.88 Å². The Morgan fingerprint density at radius 3 is 2.73 bits per heavy atom. The van der Waals surface area contributed by atoms with E-state index in [2.05, 4.69) is 48.7 Å². The number of rotatable bonds is 2. The number of benzene rings is 1. The van der Waals surface area contributed by atoms with E-state index in [4.69, 9.17) is 0 Å². The third kappa shape index (κ3) is 2.15. The molecule has 0 unspecified atom stereocenters. The number of aryl methyl sites for hydroxylation is 1. The summed E-state index contributed by atoms with van der Waals surface area (Å²) in [4.78, 5) is 2.09. The van der Waals surface area contributed by atoms with E-state index in [0.29, 0.717) is 0 Å². The minimum Gasteiger partial charge on any atom is -0.366 e. The molecule has 0 aromatic heterocycles. The molecule has 0 aliphatic carbocycles. The fraction of sp³-hybridized carbons (Fsp3) is 0.333. The number of hydrogen-bond donors (Lipinski definition) is 1. The predicted molar refractivity (Wildman–Crippen MR) is 53.4 cm³/mol. The van der Waals surface area contributed by atoms with E-state index in [1.54, 1.807) is 0 Å². The summed E-state index contributed by atoms with van der Waals surface area (Å²) in [5.74, 6) is 0.753. The van der Waals surface area contributed by atoms with Crippen LogP contribution in [-0.2, 0) is 0 Å². The molecule has 2 heteroatoms. The Labute approximate surface area is 73.4 Å². The third-order valence-corrected chi connectivity index (χ3v) is 2.08. The van der Waals surface area contributed by atoms with Gasteiger partial charge in [-0.15, -0.1) is 0 Å². The van der Waals surface area contributed by atoms with E-state index in [-0.39, 0.29) is 0 Å². The van der Waals surface area contributed by atoms with Gasteiger partial charge < -0.3 is 4.90 Å². The third-order valence-electron chi connectivity index (χ3n) is 1.65. The van der Waals surface area contributed by atoms with Crippen LogP contribution in [0.15, 0.2) is 24.3 Å². The average Bonchev–Trinajstić information content (AvgIpc) is 2.03. The highest BCUT2D eigenvalue weighted by Crippen LogP contribution is 2.13. The van der Waals surface area contributed by atoms with Crippen molar-refractivity contribution in [3.63, 3.8) is 0 Å². The Hall–Kier alpha value is -0.630. The van der Waals surface area contributed by atoms with Gasteiger partial charge in [0.1, 0.15) is 0 Å². The number of thiol groups is 1. The summed E-state index contributed by atoms with van der Waals surface area (Å²) in [5.41, 5.74) is 2.51. The molecule has 0 radical (unpaired) electrons. The van der Waals surface area contributed by atoms with E-state index < -0.39 is 0 Å². The van der Waals surface area contributed by atoms with Crippen LogP contribution >= 0.6 is 12.6 Å². The van der Waals surface area contributed by atoms with Gasteiger partial charge in [0, 0.05) is 12.7 Å². The van der Waals surface area contributed by atoms with Crippen molar-refractivity contribution >= 4 is 18.3 Å². The first-order valence-electron chi connectivity index (χ1n) is 3.62. The van der Waals surface area contributed by atoms with Gasteiger partial charge in [-0.2, -0.15) is 12.6 Å². The van der Waals surface area contributed by atoms with Crippen molar-refractivity contribution in [2.75, 3.05) is 17.8 Å². The zero-order valence-corrected chi connectivity index (χ0v) is 7.81. The van der Waals surface area contributed by atoms with Crippen LogP contribution in [0.5, 0.6) is 0 Å². The van der Waals surface area contributed by atoms with Crippen molar-refractivity contribution < 1.29 is 0 Å². The summed E-state index contributed by atoms with van der Waals surface area (Å²) in [5, 5.41) is 0. The molecule has 11 heavy (non-hydrogen) atoms. The summed E-state index contributed by atoms with van der Waals surface area (Å²) in [6.07, 6.45) is 0. The normalized spacial score (nSPS) is 9.73. The maximum absolute atomic E-state index is 4.19. The van der Waals surface area contributed by atoms with Gasteiger partial charge in [0.15, 0.2) is 0 Å². The molecule has 1 aromatic carbocycles. The van der Waals surface area contributed by atoms with Gasteiger partial charge in [-0.25, -0.2) is 0 Å². The molecule has 0 spiro atoms. The molecule has 1 rings (SSSR count). The fourth-order valence-electron chi connectivity index (χ4n) is 0.947. The Bertz CT molecular complexity index is 235. The molecule has 0 heterocycles. The Morgan fingerprint density at radius 1 is 1.45 bits per heavy atom. The molecule has 0 aliphatic rings. The molecule has 0 aliphatic heterocycles. The maximum atomic E-state index is 4.19. The lowest BCUT2D eigenvalue weighted by molar-refractivity contribution is 1.10. The Balaban J connectivity index is 2.86. The summed E-state index contributed by atoms with van der Waals surface area (Å²) < 4.78 is 0. The zero-order chi connectivity index (χ0) is 8.27. The van der Waals surface area contributed by atoms with Gasteiger partial charge in [-0.1, -0.05) is 12.1 Å². The number of hydrogen-bond acceptors (Lipinski definition) is 2. The minimum atomic E-state index is 0.753. The summed E-state index contributed by atoms with van der Waals surface area (Å²) >= 11 is 4.19. The topological polar surface area (TPSA) is 3.24 Å². The molecule has 0 N–H and O–H groups in total. The van der Waals surface area contributed by atoms with Gasteiger partial charge in [0.25, 0.3) is 0 Å². The number of anilines is 1. The van der Waals surface area contributed by atoms with E-state index in [9.17, 15) is 0 Å². The van der Waals surface area contributed by atoms with Crippen molar-refractivity contribution in [3.05, 3.63) is 29.8 Å². The van der Waals surface area contributed by atoms with Crippen LogP contribution in [0.3, 0.4) is 0 Å². The van der Waals surface area contributed by atoms with Crippen LogP contribution in [0, 0.1) is 6.92 Å². The van der Waals surface area contributed by atoms with Crippen molar-refractivity contribution in [1.82, 2.24) is 0 Å². The second-order valence-electron chi connectivity index (χ2n) is 2.68. The molecule has 60 valence electrons. The number of nitrogens with zero attached hydrogens (tertiary/aromatic N) is 1. The van der Waals surface area contributed by atoms with Crippen LogP contribution in [0.2, 0.25) is 0 Å². The lowest BCUT2D eigenvalue weighted by Gasteiger charge is -2.16. The first-order valence-corrected chi connectivity index (χ1v) is 4.26. The zero-order valence-electron chi connectivity index (χ0n) is 6.91. The minimum absolute atomic E-state index is 0.753. The summed E-state index contributed by atoms with van der Waals surface area (Å²) in [6.45, 7) is 2.09. The first-order chi connectivity index (χ1) is 5.24. The SMILES string of the molecule is Cc1cccc(N(C)CS)c1. The highest BCUT2D eigenvalue weighted by Gasteiger charge is 1.95. The smallest absolute Gasteiger partial charge is 0.0606 e. The summed E-state index contributed by atoms with van der Waals surface area (Å²) in [7, 11) is 2.03. The largest absolute Gasteiger partial charge is 0.366 e. The van der Waals surface area contributed by atoms with Crippen LogP contribution < -0.4 is 4.90 Å². The van der Waals surface area contributed by atoms with Crippen LogP contribution in [0.4, 0.5) is 5.69 Å². The van der Waals surface area contributed by atoms with Crippen LogP contribution in [0.1, 0.15) is 5.56 Å². The molecule has 0 bridgehead atoms. The monoisotopic (exact) mass is 167 g/mol. The molecule has 0 fully saturated rings. The van der Waals surface area contributed by atoms with E-state index in [1.807, 2.05) is 7.05 Å². The van der Waals surface area contributed by atoms with Gasteiger partial charge in [-0.3, -0.25) is 0 Å². The molecular weight excluding hydrogens is 154 g/mol. The highest BCUT2D eigenvalue weighted by molar-refractivity contribution is 7.80. The second kappa shape index (κ2) is 3.67. The van der Waals surface area contributed by atoms with Crippen molar-refractivity contribution in [2.45, 2.75) is 6.92 Å². The van der Waals surface area contributed by atoms with Gasteiger partial charge in [0.2, 0.25) is 0 Å². The van der Waals surface area contributed by atoms with E-state index in [1.165, 1.54) is 11.3 Å². The molecule has 0 saturated heterocycles. The average molecular weight is 167 g/mol. The second-order valence-corrected chi connectivity index (χ2v) is 2.96. The molecule has 1 aromatic rings. The van der Waals surface area contributed by atoms with Gasteiger partial charge >= 0.3 is 0 Å². The van der Waals surface area contributed by atoms with E-state index >= 15 is 0 Å². The highest BCUT2D eigenvalue weighted by atomic mass is 32.1. The lowest BCUT2D eigenvalue weighted by Crippen LogP contribution is -2.13. The Morgan fingerprint density at radius 2 is 2.18 bits per heavy atom. The van der Waals surface area contributed by atoms with Crippen molar-refractivity contribution in [3.8, 4) is 0 Å². The molecule has 0 amide bonds. The molecule has 1 nitrogen and oxygen atoms in total. The van der Waals surface area contributed by atoms with Crippen LogP contribution in [-0.4, -0.2) is 12.9 Å². The summed E-state index contributed by atoms with van der Waals surface area (Å²) in [6, 6.07) is 8.39. The van der Waals surface area contributed by atoms with Gasteiger partial charge in [-0.05, 0) is 24.6 Å². The quantitative estimate of drug-likeness (QED) is 0.522. The maximum Gasteiger partial charge on any atom is 0.0606 e. The van der Waals surface area contributed by atoms with Crippen LogP contribution in [0.25, 0.3) is 0 Å². The fourth-order valence-corrected chi connectivity index (χ4v) is 1.11. The first kappa shape index (κ1) is 8.47.